The van der Waals surface area contributed by atoms with Crippen LogP contribution in [0.3, 0.4) is 0 Å². The Morgan fingerprint density at radius 3 is 1.11 bits per heavy atom. The highest BCUT2D eigenvalue weighted by Crippen LogP contribution is 2.19. The number of aliphatic hydroxyl groups excluding tert-OH is 2. The minimum absolute atomic E-state index is 0.0839. The van der Waals surface area contributed by atoms with Crippen LogP contribution in [0.25, 0.3) is 0 Å². The van der Waals surface area contributed by atoms with Crippen LogP contribution in [0.2, 0.25) is 0 Å². The van der Waals surface area contributed by atoms with Crippen LogP contribution < -0.4 is 5.32 Å². The average molecular weight is 905 g/mol. The molecule has 0 bridgehead atoms. The lowest BCUT2D eigenvalue weighted by Crippen LogP contribution is -2.46. The van der Waals surface area contributed by atoms with Crippen molar-refractivity contribution in [3.05, 3.63) is 12.2 Å². The summed E-state index contributed by atoms with van der Waals surface area (Å²) in [7, 11) is 0. The van der Waals surface area contributed by atoms with E-state index in [9.17, 15) is 19.8 Å². The summed E-state index contributed by atoms with van der Waals surface area (Å²) in [6.45, 7) is 6.52. The Hall–Kier alpha value is -1.40. The third-order valence-corrected chi connectivity index (χ3v) is 13.6. The lowest BCUT2D eigenvalue weighted by Gasteiger charge is -2.24. The van der Waals surface area contributed by atoms with Gasteiger partial charge < -0.3 is 20.3 Å². The first kappa shape index (κ1) is 62.6. The Morgan fingerprint density at radius 2 is 0.750 bits per heavy atom. The summed E-state index contributed by atoms with van der Waals surface area (Å²) in [6.07, 6.45) is 59.9. The zero-order chi connectivity index (χ0) is 46.7. The Balaban J connectivity index is 4.51. The summed E-state index contributed by atoms with van der Waals surface area (Å²) >= 11 is 0. The standard InChI is InChI=1S/C58H113NO5/c1-4-7-10-13-16-19-22-25-27-29-31-33-36-39-42-45-48-51-58(63)64-54(49-46-43-40-37-34-32-30-28-26-23-20-17-14-11-8-5-2)52-57(62)59-55(53-60)56(61)50-47-44-41-38-35-24-21-18-15-12-9-6-3/h25,27,54-56,60-61H,4-24,26,28-53H2,1-3H3,(H,59,62)/b27-25+. The molecule has 0 rings (SSSR count). The largest absolute Gasteiger partial charge is 0.462 e. The van der Waals surface area contributed by atoms with Crippen LogP contribution in [0.4, 0.5) is 0 Å². The van der Waals surface area contributed by atoms with Crippen LogP contribution in [-0.2, 0) is 14.3 Å². The van der Waals surface area contributed by atoms with Crippen LogP contribution in [0.1, 0.15) is 323 Å². The zero-order valence-electron chi connectivity index (χ0n) is 43.4. The molecule has 380 valence electrons. The van der Waals surface area contributed by atoms with Crippen molar-refractivity contribution in [3.63, 3.8) is 0 Å². The lowest BCUT2D eigenvalue weighted by molar-refractivity contribution is -0.151. The van der Waals surface area contributed by atoms with Crippen molar-refractivity contribution in [2.75, 3.05) is 6.61 Å². The van der Waals surface area contributed by atoms with E-state index in [0.717, 1.165) is 44.9 Å². The monoisotopic (exact) mass is 904 g/mol. The van der Waals surface area contributed by atoms with Gasteiger partial charge in [-0.25, -0.2) is 0 Å². The molecule has 0 fully saturated rings. The molecule has 6 heteroatoms. The molecule has 64 heavy (non-hydrogen) atoms. The molecule has 0 spiro atoms. The molecule has 0 saturated heterocycles. The SMILES string of the molecule is CCCCCCCC/C=C/CCCCCCCCCC(=O)OC(CCCCCCCCCCCCCCCCCC)CC(=O)NC(CO)C(O)CCCCCCCCCCCCCC. The molecular weight excluding hydrogens is 791 g/mol. The molecule has 0 aliphatic heterocycles. The number of nitrogens with one attached hydrogen (secondary N) is 1. The molecule has 0 aromatic carbocycles. The quantitative estimate of drug-likeness (QED) is 0.0321. The first-order valence-electron chi connectivity index (χ1n) is 28.9. The molecule has 0 radical (unpaired) electrons. The Bertz CT molecular complexity index is 970. The number of hydrogen-bond acceptors (Lipinski definition) is 5. The van der Waals surface area contributed by atoms with Gasteiger partial charge in [0.25, 0.3) is 0 Å². The summed E-state index contributed by atoms with van der Waals surface area (Å²) in [5.41, 5.74) is 0. The molecule has 1 amide bonds. The van der Waals surface area contributed by atoms with Crippen LogP contribution in [0, 0.1) is 0 Å². The molecular formula is C58H113NO5. The molecule has 6 nitrogen and oxygen atoms in total. The molecule has 0 aliphatic carbocycles. The first-order valence-corrected chi connectivity index (χ1v) is 28.9. The van der Waals surface area contributed by atoms with Crippen LogP contribution in [0.15, 0.2) is 12.2 Å². The van der Waals surface area contributed by atoms with E-state index in [2.05, 4.69) is 38.2 Å². The third kappa shape index (κ3) is 47.1. The summed E-state index contributed by atoms with van der Waals surface area (Å²) in [4.78, 5) is 26.3. The Kier molecular flexibility index (Phi) is 51.4. The number of hydrogen-bond donors (Lipinski definition) is 3. The van der Waals surface area contributed by atoms with Gasteiger partial charge in [-0.1, -0.05) is 270 Å². The summed E-state index contributed by atoms with van der Waals surface area (Å²) < 4.78 is 5.97. The highest BCUT2D eigenvalue weighted by Gasteiger charge is 2.24. The van der Waals surface area contributed by atoms with Gasteiger partial charge in [0.1, 0.15) is 6.10 Å². The number of unbranched alkanes of at least 4 members (excludes halogenated alkanes) is 39. The van der Waals surface area contributed by atoms with Gasteiger partial charge >= 0.3 is 5.97 Å². The lowest BCUT2D eigenvalue weighted by atomic mass is 10.0. The zero-order valence-corrected chi connectivity index (χ0v) is 43.4. The van der Waals surface area contributed by atoms with E-state index in [4.69, 9.17) is 4.74 Å². The van der Waals surface area contributed by atoms with Crippen molar-refractivity contribution < 1.29 is 24.5 Å². The molecule has 3 atom stereocenters. The van der Waals surface area contributed by atoms with Crippen molar-refractivity contribution in [2.45, 2.75) is 341 Å². The number of ether oxygens (including phenoxy) is 1. The van der Waals surface area contributed by atoms with Gasteiger partial charge in [0.15, 0.2) is 0 Å². The second kappa shape index (κ2) is 52.6. The fraction of sp³-hybridized carbons (Fsp3) is 0.931. The van der Waals surface area contributed by atoms with Gasteiger partial charge in [0.05, 0.1) is 25.2 Å². The molecule has 0 aromatic heterocycles. The van der Waals surface area contributed by atoms with E-state index in [1.165, 1.54) is 231 Å². The predicted molar refractivity (Wildman–Crippen MR) is 278 cm³/mol. The van der Waals surface area contributed by atoms with Crippen molar-refractivity contribution >= 4 is 11.9 Å². The Morgan fingerprint density at radius 1 is 0.438 bits per heavy atom. The van der Waals surface area contributed by atoms with Crippen molar-refractivity contribution in [3.8, 4) is 0 Å². The molecule has 0 saturated carbocycles. The average Bonchev–Trinajstić information content (AvgIpc) is 3.29. The van der Waals surface area contributed by atoms with Crippen molar-refractivity contribution in [2.24, 2.45) is 0 Å². The number of rotatable bonds is 53. The molecule has 3 unspecified atom stereocenters. The Labute approximate surface area is 399 Å². The maximum atomic E-state index is 13.3. The molecule has 0 aliphatic rings. The van der Waals surface area contributed by atoms with Crippen molar-refractivity contribution in [1.29, 1.82) is 0 Å². The number of allylic oxidation sites excluding steroid dienone is 2. The van der Waals surface area contributed by atoms with E-state index >= 15 is 0 Å². The van der Waals surface area contributed by atoms with Gasteiger partial charge in [-0.15, -0.1) is 0 Å². The number of esters is 1. The smallest absolute Gasteiger partial charge is 0.306 e. The maximum Gasteiger partial charge on any atom is 0.306 e. The van der Waals surface area contributed by atoms with Gasteiger partial charge in [-0.05, 0) is 51.4 Å². The van der Waals surface area contributed by atoms with Crippen molar-refractivity contribution in [1.82, 2.24) is 5.32 Å². The van der Waals surface area contributed by atoms with Gasteiger partial charge in [0.2, 0.25) is 5.91 Å². The summed E-state index contributed by atoms with van der Waals surface area (Å²) in [5.74, 6) is -0.455. The van der Waals surface area contributed by atoms with Gasteiger partial charge in [0, 0.05) is 6.42 Å². The highest BCUT2D eigenvalue weighted by molar-refractivity contribution is 5.77. The van der Waals surface area contributed by atoms with E-state index in [0.29, 0.717) is 19.3 Å². The fourth-order valence-corrected chi connectivity index (χ4v) is 9.19. The second-order valence-corrected chi connectivity index (χ2v) is 20.1. The van der Waals surface area contributed by atoms with Gasteiger partial charge in [-0.3, -0.25) is 9.59 Å². The third-order valence-electron chi connectivity index (χ3n) is 13.6. The topological polar surface area (TPSA) is 95.9 Å². The van der Waals surface area contributed by atoms with Crippen LogP contribution in [0.5, 0.6) is 0 Å². The molecule has 0 heterocycles. The molecule has 3 N–H and O–H groups in total. The summed E-state index contributed by atoms with van der Waals surface area (Å²) in [5, 5.41) is 23.8. The fourth-order valence-electron chi connectivity index (χ4n) is 9.19. The highest BCUT2D eigenvalue weighted by atomic mass is 16.5. The van der Waals surface area contributed by atoms with E-state index < -0.39 is 18.2 Å². The minimum atomic E-state index is -0.782. The molecule has 0 aromatic rings. The maximum absolute atomic E-state index is 13.3. The number of amides is 1. The number of carbonyl (C=O) groups is 2. The van der Waals surface area contributed by atoms with E-state index in [-0.39, 0.29) is 24.9 Å². The number of aliphatic hydroxyl groups is 2. The predicted octanol–water partition coefficient (Wildman–Crippen LogP) is 17.7. The first-order chi connectivity index (χ1) is 31.5. The van der Waals surface area contributed by atoms with E-state index in [1.807, 2.05) is 0 Å². The number of carbonyl (C=O) groups excluding carboxylic acids is 2. The summed E-state index contributed by atoms with van der Waals surface area (Å²) in [6, 6.07) is -0.696. The van der Waals surface area contributed by atoms with Crippen LogP contribution in [-0.4, -0.2) is 46.9 Å². The van der Waals surface area contributed by atoms with Gasteiger partial charge in [-0.2, -0.15) is 0 Å². The second-order valence-electron chi connectivity index (χ2n) is 20.1. The van der Waals surface area contributed by atoms with Crippen LogP contribution >= 0.6 is 0 Å². The normalized spacial score (nSPS) is 13.1. The minimum Gasteiger partial charge on any atom is -0.462 e. The van der Waals surface area contributed by atoms with E-state index in [1.54, 1.807) is 0 Å².